The van der Waals surface area contributed by atoms with Crippen molar-refractivity contribution in [3.8, 4) is 11.3 Å². The number of pyridine rings is 1. The average Bonchev–Trinajstić information content (AvgIpc) is 3.24. The Morgan fingerprint density at radius 2 is 2.06 bits per heavy atom. The summed E-state index contributed by atoms with van der Waals surface area (Å²) in [6, 6.07) is 7.45. The van der Waals surface area contributed by atoms with Crippen molar-refractivity contribution in [2.24, 2.45) is 5.92 Å². The van der Waals surface area contributed by atoms with E-state index in [1.54, 1.807) is 35.9 Å². The Balaban J connectivity index is 1.92. The highest BCUT2D eigenvalue weighted by molar-refractivity contribution is 7.91. The van der Waals surface area contributed by atoms with Gasteiger partial charge in [-0.05, 0) is 37.5 Å². The SMILES string of the molecule is Cc1nn(C2CCS(=O)(=O)C2)c2nc(-c3ccccc3F)cc(C(=O)NCC(C)C)c12. The van der Waals surface area contributed by atoms with Gasteiger partial charge in [0.15, 0.2) is 15.5 Å². The van der Waals surface area contributed by atoms with Crippen LogP contribution in [0.2, 0.25) is 0 Å². The summed E-state index contributed by atoms with van der Waals surface area (Å²) in [6.45, 7) is 6.26. The third kappa shape index (κ3) is 4.19. The number of fused-ring (bicyclic) bond motifs is 1. The lowest BCUT2D eigenvalue weighted by Gasteiger charge is -2.13. The summed E-state index contributed by atoms with van der Waals surface area (Å²) in [7, 11) is -3.14. The number of hydrogen-bond donors (Lipinski definition) is 1. The maximum Gasteiger partial charge on any atom is 0.252 e. The summed E-state index contributed by atoms with van der Waals surface area (Å²) in [6.07, 6.45) is 0.430. The van der Waals surface area contributed by atoms with Crippen LogP contribution in [0.15, 0.2) is 30.3 Å². The molecule has 1 aromatic carbocycles. The molecule has 9 heteroatoms. The van der Waals surface area contributed by atoms with Crippen molar-refractivity contribution in [2.45, 2.75) is 33.2 Å². The second-order valence-corrected chi connectivity index (χ2v) is 10.7. The zero-order valence-electron chi connectivity index (χ0n) is 17.7. The number of aryl methyl sites for hydroxylation is 1. The van der Waals surface area contributed by atoms with Gasteiger partial charge in [-0.15, -0.1) is 0 Å². The number of benzene rings is 1. The second kappa shape index (κ2) is 8.03. The van der Waals surface area contributed by atoms with Gasteiger partial charge in [0.25, 0.3) is 5.91 Å². The molecule has 1 fully saturated rings. The third-order valence-corrected chi connectivity index (χ3v) is 7.21. The van der Waals surface area contributed by atoms with Crippen LogP contribution in [0.5, 0.6) is 0 Å². The standard InChI is InChI=1S/C22H25FN4O3S/c1-13(2)11-24-22(28)17-10-19(16-6-4-5-7-18(16)23)25-21-20(17)14(3)26-27(21)15-8-9-31(29,30)12-15/h4-7,10,13,15H,8-9,11-12H2,1-3H3,(H,24,28). The van der Waals surface area contributed by atoms with E-state index in [9.17, 15) is 17.6 Å². The van der Waals surface area contributed by atoms with Gasteiger partial charge in [-0.3, -0.25) is 4.79 Å². The van der Waals surface area contributed by atoms with Crippen LogP contribution in [0, 0.1) is 18.7 Å². The Hall–Kier alpha value is -2.81. The number of nitrogens with one attached hydrogen (secondary N) is 1. The lowest BCUT2D eigenvalue weighted by molar-refractivity contribution is 0.0950. The van der Waals surface area contributed by atoms with Gasteiger partial charge in [-0.25, -0.2) is 22.5 Å². The van der Waals surface area contributed by atoms with E-state index in [2.05, 4.69) is 15.4 Å². The fourth-order valence-electron chi connectivity index (χ4n) is 3.91. The molecule has 1 saturated heterocycles. The van der Waals surface area contributed by atoms with Crippen molar-refractivity contribution in [1.29, 1.82) is 0 Å². The monoisotopic (exact) mass is 444 g/mol. The van der Waals surface area contributed by atoms with Crippen molar-refractivity contribution in [1.82, 2.24) is 20.1 Å². The Labute approximate surface area is 180 Å². The normalized spacial score (nSPS) is 18.0. The average molecular weight is 445 g/mol. The van der Waals surface area contributed by atoms with Gasteiger partial charge in [0, 0.05) is 12.1 Å². The lowest BCUT2D eigenvalue weighted by Crippen LogP contribution is -2.27. The van der Waals surface area contributed by atoms with Crippen LogP contribution in [-0.4, -0.2) is 47.1 Å². The molecule has 1 aliphatic heterocycles. The molecular weight excluding hydrogens is 419 g/mol. The van der Waals surface area contributed by atoms with Gasteiger partial charge in [0.2, 0.25) is 0 Å². The summed E-state index contributed by atoms with van der Waals surface area (Å²) in [5.74, 6) is -0.411. The molecule has 1 N–H and O–H groups in total. The molecule has 3 aromatic rings. The zero-order chi connectivity index (χ0) is 22.3. The van der Waals surface area contributed by atoms with E-state index < -0.39 is 15.7 Å². The van der Waals surface area contributed by atoms with E-state index in [0.29, 0.717) is 41.0 Å². The number of aromatic nitrogens is 3. The summed E-state index contributed by atoms with van der Waals surface area (Å²) in [4.78, 5) is 17.7. The molecule has 0 aliphatic carbocycles. The number of amides is 1. The van der Waals surface area contributed by atoms with Gasteiger partial charge in [0.05, 0.1) is 39.9 Å². The topological polar surface area (TPSA) is 93.9 Å². The first-order valence-electron chi connectivity index (χ1n) is 10.3. The molecule has 7 nitrogen and oxygen atoms in total. The molecule has 1 atom stereocenters. The Morgan fingerprint density at radius 3 is 2.71 bits per heavy atom. The van der Waals surface area contributed by atoms with E-state index in [-0.39, 0.29) is 34.9 Å². The van der Waals surface area contributed by atoms with Crippen molar-refractivity contribution >= 4 is 26.8 Å². The molecule has 0 spiro atoms. The summed E-state index contributed by atoms with van der Waals surface area (Å²) >= 11 is 0. The highest BCUT2D eigenvalue weighted by atomic mass is 32.2. The summed E-state index contributed by atoms with van der Waals surface area (Å²) in [5, 5.41) is 8.02. The quantitative estimate of drug-likeness (QED) is 0.652. The predicted molar refractivity (Wildman–Crippen MR) is 117 cm³/mol. The molecule has 0 radical (unpaired) electrons. The predicted octanol–water partition coefficient (Wildman–Crippen LogP) is 3.29. The highest BCUT2D eigenvalue weighted by Crippen LogP contribution is 2.32. The second-order valence-electron chi connectivity index (χ2n) is 8.42. The molecule has 2 aromatic heterocycles. The molecule has 3 heterocycles. The van der Waals surface area contributed by atoms with E-state index in [4.69, 9.17) is 0 Å². The molecule has 1 aliphatic rings. The Kier molecular flexibility index (Phi) is 5.55. The van der Waals surface area contributed by atoms with Crippen LogP contribution >= 0.6 is 0 Å². The first kappa shape index (κ1) is 21.4. The van der Waals surface area contributed by atoms with Crippen molar-refractivity contribution in [3.63, 3.8) is 0 Å². The van der Waals surface area contributed by atoms with Gasteiger partial charge in [-0.1, -0.05) is 26.0 Å². The minimum absolute atomic E-state index is 0.0241. The maximum atomic E-state index is 14.5. The van der Waals surface area contributed by atoms with E-state index in [1.807, 2.05) is 13.8 Å². The smallest absolute Gasteiger partial charge is 0.252 e. The van der Waals surface area contributed by atoms with Crippen molar-refractivity contribution in [2.75, 3.05) is 18.1 Å². The first-order valence-corrected chi connectivity index (χ1v) is 12.1. The van der Waals surface area contributed by atoms with Gasteiger partial charge < -0.3 is 5.32 Å². The van der Waals surface area contributed by atoms with Crippen molar-refractivity contribution < 1.29 is 17.6 Å². The van der Waals surface area contributed by atoms with E-state index in [0.717, 1.165) is 0 Å². The number of carbonyl (C=O) groups excluding carboxylic acids is 1. The molecule has 0 bridgehead atoms. The van der Waals surface area contributed by atoms with Crippen LogP contribution in [0.3, 0.4) is 0 Å². The Morgan fingerprint density at radius 1 is 1.32 bits per heavy atom. The number of sulfone groups is 1. The van der Waals surface area contributed by atoms with Crippen LogP contribution in [0.1, 0.15) is 42.4 Å². The van der Waals surface area contributed by atoms with Gasteiger partial charge in [0.1, 0.15) is 5.82 Å². The number of hydrogen-bond acceptors (Lipinski definition) is 5. The van der Waals surface area contributed by atoms with Crippen LogP contribution in [-0.2, 0) is 9.84 Å². The fourth-order valence-corrected chi connectivity index (χ4v) is 5.61. The molecule has 0 saturated carbocycles. The molecule has 1 unspecified atom stereocenters. The number of rotatable bonds is 5. The fraction of sp³-hybridized carbons (Fsp3) is 0.409. The molecule has 164 valence electrons. The van der Waals surface area contributed by atoms with Gasteiger partial charge in [-0.2, -0.15) is 5.10 Å². The zero-order valence-corrected chi connectivity index (χ0v) is 18.5. The maximum absolute atomic E-state index is 14.5. The molecule has 1 amide bonds. The first-order chi connectivity index (χ1) is 14.7. The van der Waals surface area contributed by atoms with Gasteiger partial charge >= 0.3 is 0 Å². The van der Waals surface area contributed by atoms with Crippen LogP contribution in [0.4, 0.5) is 4.39 Å². The lowest BCUT2D eigenvalue weighted by atomic mass is 10.0. The number of carbonyl (C=O) groups is 1. The van der Waals surface area contributed by atoms with Crippen LogP contribution in [0.25, 0.3) is 22.3 Å². The molecule has 4 rings (SSSR count). The summed E-state index contributed by atoms with van der Waals surface area (Å²) < 4.78 is 40.2. The highest BCUT2D eigenvalue weighted by Gasteiger charge is 2.32. The minimum atomic E-state index is -3.14. The van der Waals surface area contributed by atoms with E-state index >= 15 is 0 Å². The number of nitrogens with zero attached hydrogens (tertiary/aromatic N) is 3. The van der Waals surface area contributed by atoms with E-state index in [1.165, 1.54) is 6.07 Å². The minimum Gasteiger partial charge on any atom is -0.352 e. The van der Waals surface area contributed by atoms with Crippen LogP contribution < -0.4 is 5.32 Å². The largest absolute Gasteiger partial charge is 0.352 e. The molecular formula is C22H25FN4O3S. The number of halogens is 1. The summed E-state index contributed by atoms with van der Waals surface area (Å²) in [5.41, 5.74) is 1.92. The third-order valence-electron chi connectivity index (χ3n) is 5.46. The van der Waals surface area contributed by atoms with Crippen molar-refractivity contribution in [3.05, 3.63) is 47.4 Å². The molecule has 31 heavy (non-hydrogen) atoms. The Bertz CT molecular complexity index is 1270.